The van der Waals surface area contributed by atoms with Gasteiger partial charge in [-0.15, -0.1) is 0 Å². The number of aryl methyl sites for hydroxylation is 1. The summed E-state index contributed by atoms with van der Waals surface area (Å²) in [7, 11) is 1.87. The summed E-state index contributed by atoms with van der Waals surface area (Å²) in [6.45, 7) is 6.74. The van der Waals surface area contributed by atoms with Crippen LogP contribution in [-0.2, 0) is 4.74 Å². The summed E-state index contributed by atoms with van der Waals surface area (Å²) in [5.41, 5.74) is 0.994. The van der Waals surface area contributed by atoms with E-state index in [1.165, 1.54) is 0 Å². The van der Waals surface area contributed by atoms with Crippen LogP contribution in [0.5, 0.6) is 0 Å². The second-order valence-corrected chi connectivity index (χ2v) is 4.51. The van der Waals surface area contributed by atoms with Gasteiger partial charge >= 0.3 is 0 Å². The van der Waals surface area contributed by atoms with Gasteiger partial charge in [0.1, 0.15) is 11.9 Å². The summed E-state index contributed by atoms with van der Waals surface area (Å²) >= 11 is 2.25. The minimum Gasteiger partial charge on any atom is -0.372 e. The third kappa shape index (κ3) is 3.04. The molecule has 1 rings (SSSR count). The lowest BCUT2D eigenvalue weighted by molar-refractivity contribution is 0.0534. The largest absolute Gasteiger partial charge is 0.372 e. The Hall–Kier alpha value is -0.430. The van der Waals surface area contributed by atoms with E-state index in [4.69, 9.17) is 4.74 Å². The molecule has 1 unspecified atom stereocenters. The minimum absolute atomic E-state index is 0.00667. The van der Waals surface area contributed by atoms with Crippen molar-refractivity contribution < 1.29 is 4.74 Å². The molecule has 4 nitrogen and oxygen atoms in total. The quantitative estimate of drug-likeness (QED) is 0.841. The van der Waals surface area contributed by atoms with Gasteiger partial charge in [-0.25, -0.2) is 9.97 Å². The molecule has 0 saturated carbocycles. The Labute approximate surface area is 110 Å². The average Bonchev–Trinajstić information content (AvgIpc) is 2.29. The second-order valence-electron chi connectivity index (χ2n) is 3.43. The average molecular weight is 335 g/mol. The van der Waals surface area contributed by atoms with Crippen LogP contribution in [0.2, 0.25) is 0 Å². The van der Waals surface area contributed by atoms with Crippen LogP contribution in [-0.4, -0.2) is 23.6 Å². The summed E-state index contributed by atoms with van der Waals surface area (Å²) in [6.07, 6.45) is 0.879. The maximum atomic E-state index is 5.62. The molecule has 5 heteroatoms. The van der Waals surface area contributed by atoms with E-state index in [1.54, 1.807) is 0 Å². The molecule has 1 aromatic heterocycles. The summed E-state index contributed by atoms with van der Waals surface area (Å²) < 4.78 is 6.68. The summed E-state index contributed by atoms with van der Waals surface area (Å²) in [5, 5.41) is 3.08. The van der Waals surface area contributed by atoms with Gasteiger partial charge in [-0.3, -0.25) is 0 Å². The molecule has 0 amide bonds. The van der Waals surface area contributed by atoms with Gasteiger partial charge in [0.15, 0.2) is 5.82 Å². The number of aromatic nitrogens is 2. The fourth-order valence-corrected chi connectivity index (χ4v) is 1.98. The molecule has 90 valence electrons. The van der Waals surface area contributed by atoms with Crippen LogP contribution < -0.4 is 5.32 Å². The van der Waals surface area contributed by atoms with Crippen molar-refractivity contribution in [1.29, 1.82) is 0 Å². The van der Waals surface area contributed by atoms with E-state index in [9.17, 15) is 0 Å². The highest BCUT2D eigenvalue weighted by atomic mass is 127. The molecular weight excluding hydrogens is 317 g/mol. The van der Waals surface area contributed by atoms with E-state index in [1.807, 2.05) is 20.9 Å². The van der Waals surface area contributed by atoms with Crippen LogP contribution in [0.4, 0.5) is 5.82 Å². The number of anilines is 1. The van der Waals surface area contributed by atoms with Crippen molar-refractivity contribution in [1.82, 2.24) is 9.97 Å². The molecule has 0 aliphatic heterocycles. The monoisotopic (exact) mass is 335 g/mol. The number of halogens is 1. The molecule has 0 bridgehead atoms. The third-order valence-corrected chi connectivity index (χ3v) is 3.59. The van der Waals surface area contributed by atoms with Crippen molar-refractivity contribution >= 4 is 28.4 Å². The molecule has 0 aromatic carbocycles. The van der Waals surface area contributed by atoms with Crippen LogP contribution >= 0.6 is 22.6 Å². The van der Waals surface area contributed by atoms with Gasteiger partial charge in [-0.05, 0) is 42.9 Å². The molecule has 1 heterocycles. The van der Waals surface area contributed by atoms with Gasteiger partial charge in [-0.1, -0.05) is 6.92 Å². The number of nitrogens with one attached hydrogen (secondary N) is 1. The number of hydrogen-bond donors (Lipinski definition) is 1. The van der Waals surface area contributed by atoms with Crippen molar-refractivity contribution in [3.8, 4) is 0 Å². The maximum Gasteiger partial charge on any atom is 0.159 e. The Morgan fingerprint density at radius 3 is 2.56 bits per heavy atom. The summed E-state index contributed by atoms with van der Waals surface area (Å²) in [5.74, 6) is 1.65. The Bertz CT molecular complexity index is 357. The standard InChI is InChI=1S/C11H18IN3O/c1-5-8(16-6-2)10-14-7(3)9(12)11(13-4)15-10/h8H,5-6H2,1-4H3,(H,13,14,15). The Kier molecular flexibility index (Phi) is 5.40. The molecule has 16 heavy (non-hydrogen) atoms. The second kappa shape index (κ2) is 6.34. The van der Waals surface area contributed by atoms with E-state index >= 15 is 0 Å². The molecule has 0 saturated heterocycles. The molecule has 1 N–H and O–H groups in total. The minimum atomic E-state index is -0.00667. The Balaban J connectivity index is 3.08. The zero-order valence-corrected chi connectivity index (χ0v) is 12.3. The zero-order chi connectivity index (χ0) is 12.1. The first-order valence-corrected chi connectivity index (χ1v) is 6.55. The van der Waals surface area contributed by atoms with Crippen LogP contribution in [0.3, 0.4) is 0 Å². The van der Waals surface area contributed by atoms with Gasteiger partial charge < -0.3 is 10.1 Å². The molecule has 1 atom stereocenters. The normalized spacial score (nSPS) is 12.6. The van der Waals surface area contributed by atoms with Crippen molar-refractivity contribution in [2.75, 3.05) is 19.0 Å². The third-order valence-electron chi connectivity index (χ3n) is 2.30. The number of rotatable bonds is 5. The summed E-state index contributed by atoms with van der Waals surface area (Å²) in [4.78, 5) is 8.97. The number of nitrogens with zero attached hydrogens (tertiary/aromatic N) is 2. The highest BCUT2D eigenvalue weighted by Gasteiger charge is 2.16. The van der Waals surface area contributed by atoms with Crippen molar-refractivity contribution in [2.24, 2.45) is 0 Å². The molecule has 0 aliphatic carbocycles. The first-order chi connectivity index (χ1) is 7.63. The predicted octanol–water partition coefficient (Wildman–Crippen LogP) is 2.92. The zero-order valence-electron chi connectivity index (χ0n) is 10.2. The molecule has 0 aliphatic rings. The highest BCUT2D eigenvalue weighted by Crippen LogP contribution is 2.23. The molecule has 0 fully saturated rings. The van der Waals surface area contributed by atoms with Gasteiger partial charge in [0.2, 0.25) is 0 Å². The fourth-order valence-electron chi connectivity index (χ4n) is 1.47. The van der Waals surface area contributed by atoms with Crippen molar-refractivity contribution in [3.63, 3.8) is 0 Å². The molecule has 0 radical (unpaired) electrons. The van der Waals surface area contributed by atoms with E-state index in [-0.39, 0.29) is 6.10 Å². The van der Waals surface area contributed by atoms with Crippen LogP contribution in [0, 0.1) is 10.5 Å². The van der Waals surface area contributed by atoms with E-state index in [0.29, 0.717) is 6.61 Å². The Morgan fingerprint density at radius 1 is 1.38 bits per heavy atom. The molecule has 1 aromatic rings. The SMILES string of the molecule is CCOC(CC)c1nc(C)c(I)c(NC)n1. The smallest absolute Gasteiger partial charge is 0.159 e. The van der Waals surface area contributed by atoms with Crippen molar-refractivity contribution in [2.45, 2.75) is 33.3 Å². The highest BCUT2D eigenvalue weighted by molar-refractivity contribution is 14.1. The van der Waals surface area contributed by atoms with Crippen molar-refractivity contribution in [3.05, 3.63) is 15.1 Å². The lowest BCUT2D eigenvalue weighted by Crippen LogP contribution is -2.12. The van der Waals surface area contributed by atoms with Gasteiger partial charge in [0.25, 0.3) is 0 Å². The predicted molar refractivity (Wildman–Crippen MR) is 73.7 cm³/mol. The van der Waals surface area contributed by atoms with E-state index in [0.717, 1.165) is 27.3 Å². The van der Waals surface area contributed by atoms with Crippen LogP contribution in [0.1, 0.15) is 37.9 Å². The summed E-state index contributed by atoms with van der Waals surface area (Å²) in [6, 6.07) is 0. The van der Waals surface area contributed by atoms with Crippen LogP contribution in [0.15, 0.2) is 0 Å². The fraction of sp³-hybridized carbons (Fsp3) is 0.636. The number of ether oxygens (including phenoxy) is 1. The lowest BCUT2D eigenvalue weighted by Gasteiger charge is -2.16. The van der Waals surface area contributed by atoms with Gasteiger partial charge in [-0.2, -0.15) is 0 Å². The topological polar surface area (TPSA) is 47.0 Å². The Morgan fingerprint density at radius 2 is 2.06 bits per heavy atom. The first kappa shape index (κ1) is 13.6. The van der Waals surface area contributed by atoms with E-state index in [2.05, 4.69) is 44.8 Å². The van der Waals surface area contributed by atoms with Crippen LogP contribution in [0.25, 0.3) is 0 Å². The van der Waals surface area contributed by atoms with Gasteiger partial charge in [0, 0.05) is 13.7 Å². The van der Waals surface area contributed by atoms with E-state index < -0.39 is 0 Å². The van der Waals surface area contributed by atoms with Gasteiger partial charge in [0.05, 0.1) is 9.26 Å². The lowest BCUT2D eigenvalue weighted by atomic mass is 10.2. The maximum absolute atomic E-state index is 5.62. The first-order valence-electron chi connectivity index (χ1n) is 5.47. The number of hydrogen-bond acceptors (Lipinski definition) is 4. The molecule has 0 spiro atoms. The molecular formula is C11H18IN3O.